The summed E-state index contributed by atoms with van der Waals surface area (Å²) in [6.45, 7) is 2.64. The molecule has 4 heteroatoms. The maximum Gasteiger partial charge on any atom is 0.364 e. The van der Waals surface area contributed by atoms with Gasteiger partial charge in [-0.05, 0) is 30.9 Å². The van der Waals surface area contributed by atoms with E-state index in [2.05, 4.69) is 4.90 Å². The van der Waals surface area contributed by atoms with Crippen LogP contribution in [0.3, 0.4) is 0 Å². The van der Waals surface area contributed by atoms with Crippen molar-refractivity contribution < 1.29 is 14.3 Å². The van der Waals surface area contributed by atoms with Gasteiger partial charge in [0.25, 0.3) is 0 Å². The molecule has 2 unspecified atom stereocenters. The SMILES string of the molecule is O=C(O)/C(F)=C1\CCN2CCC1C2. The molecule has 3 nitrogen and oxygen atoms in total. The van der Waals surface area contributed by atoms with Crippen LogP contribution in [0.1, 0.15) is 12.8 Å². The zero-order valence-corrected chi connectivity index (χ0v) is 7.29. The number of piperidine rings is 1. The van der Waals surface area contributed by atoms with E-state index >= 15 is 0 Å². The monoisotopic (exact) mass is 185 g/mol. The molecule has 2 rings (SSSR count). The quantitative estimate of drug-likeness (QED) is 0.620. The van der Waals surface area contributed by atoms with Gasteiger partial charge in [0.15, 0.2) is 0 Å². The van der Waals surface area contributed by atoms with Crippen LogP contribution in [0.15, 0.2) is 11.4 Å². The molecule has 0 aromatic heterocycles. The standard InChI is InChI=1S/C9H12FNO2/c10-8(9(12)13)7-2-4-11-3-1-6(7)5-11/h6H,1-5H2,(H,12,13)/b8-7-. The van der Waals surface area contributed by atoms with Gasteiger partial charge in [0.2, 0.25) is 5.83 Å². The summed E-state index contributed by atoms with van der Waals surface area (Å²) in [6, 6.07) is 0. The third-order valence-electron chi connectivity index (χ3n) is 2.93. The Balaban J connectivity index is 2.24. The number of hydrogen-bond donors (Lipinski definition) is 1. The summed E-state index contributed by atoms with van der Waals surface area (Å²) in [6.07, 6.45) is 1.50. The molecule has 0 amide bonds. The molecule has 0 aromatic rings. The molecule has 2 heterocycles. The van der Waals surface area contributed by atoms with Crippen LogP contribution in [0.25, 0.3) is 0 Å². The Kier molecular flexibility index (Phi) is 2.07. The van der Waals surface area contributed by atoms with Crippen molar-refractivity contribution in [3.05, 3.63) is 11.4 Å². The highest BCUT2D eigenvalue weighted by molar-refractivity contribution is 5.85. The van der Waals surface area contributed by atoms with Crippen LogP contribution in [0.4, 0.5) is 4.39 Å². The first-order valence-electron chi connectivity index (χ1n) is 4.52. The third kappa shape index (κ3) is 1.46. The number of carboxylic acids is 1. The van der Waals surface area contributed by atoms with Crippen molar-refractivity contribution in [1.29, 1.82) is 0 Å². The van der Waals surface area contributed by atoms with Crippen molar-refractivity contribution in [2.75, 3.05) is 19.6 Å². The second kappa shape index (κ2) is 3.10. The van der Waals surface area contributed by atoms with Crippen molar-refractivity contribution in [3.63, 3.8) is 0 Å². The molecule has 2 fully saturated rings. The van der Waals surface area contributed by atoms with Gasteiger partial charge >= 0.3 is 5.97 Å². The summed E-state index contributed by atoms with van der Waals surface area (Å²) < 4.78 is 13.1. The normalized spacial score (nSPS) is 36.1. The van der Waals surface area contributed by atoms with Gasteiger partial charge in [-0.25, -0.2) is 4.79 Å². The highest BCUT2D eigenvalue weighted by Gasteiger charge is 2.33. The summed E-state index contributed by atoms with van der Waals surface area (Å²) in [5, 5.41) is 8.51. The highest BCUT2D eigenvalue weighted by atomic mass is 19.1. The van der Waals surface area contributed by atoms with Gasteiger partial charge in [0.05, 0.1) is 0 Å². The molecule has 2 aliphatic heterocycles. The minimum Gasteiger partial charge on any atom is -0.476 e. The molecule has 2 saturated heterocycles. The summed E-state index contributed by atoms with van der Waals surface area (Å²) in [5.41, 5.74) is 0.529. The topological polar surface area (TPSA) is 40.5 Å². The van der Waals surface area contributed by atoms with Crippen molar-refractivity contribution in [2.45, 2.75) is 12.8 Å². The average Bonchev–Trinajstić information content (AvgIpc) is 2.47. The molecule has 2 bridgehead atoms. The van der Waals surface area contributed by atoms with E-state index in [-0.39, 0.29) is 5.92 Å². The first-order valence-corrected chi connectivity index (χ1v) is 4.52. The van der Waals surface area contributed by atoms with Crippen LogP contribution >= 0.6 is 0 Å². The second-order valence-electron chi connectivity index (χ2n) is 3.68. The van der Waals surface area contributed by atoms with Gasteiger partial charge in [-0.3, -0.25) is 0 Å². The molecular formula is C9H12FNO2. The van der Waals surface area contributed by atoms with E-state index in [0.29, 0.717) is 12.0 Å². The van der Waals surface area contributed by atoms with Gasteiger partial charge < -0.3 is 10.0 Å². The summed E-state index contributed by atoms with van der Waals surface area (Å²) in [5.74, 6) is -2.16. The fraction of sp³-hybridized carbons (Fsp3) is 0.667. The van der Waals surface area contributed by atoms with Gasteiger partial charge in [0.1, 0.15) is 0 Å². The number of fused-ring (bicyclic) bond motifs is 2. The van der Waals surface area contributed by atoms with E-state index in [1.807, 2.05) is 0 Å². The van der Waals surface area contributed by atoms with Crippen LogP contribution in [0, 0.1) is 5.92 Å². The number of carbonyl (C=O) groups is 1. The fourth-order valence-electron chi connectivity index (χ4n) is 2.23. The van der Waals surface area contributed by atoms with E-state index in [1.54, 1.807) is 0 Å². The Morgan fingerprint density at radius 3 is 3.00 bits per heavy atom. The number of hydrogen-bond acceptors (Lipinski definition) is 2. The fourth-order valence-corrected chi connectivity index (χ4v) is 2.23. The maximum atomic E-state index is 13.1. The van der Waals surface area contributed by atoms with Crippen LogP contribution < -0.4 is 0 Å². The Morgan fingerprint density at radius 2 is 2.31 bits per heavy atom. The Bertz CT molecular complexity index is 275. The molecule has 0 aliphatic carbocycles. The lowest BCUT2D eigenvalue weighted by atomic mass is 9.93. The van der Waals surface area contributed by atoms with E-state index in [0.717, 1.165) is 26.1 Å². The van der Waals surface area contributed by atoms with E-state index < -0.39 is 11.8 Å². The Hall–Kier alpha value is -0.900. The molecule has 0 aromatic carbocycles. The van der Waals surface area contributed by atoms with Crippen molar-refractivity contribution in [2.24, 2.45) is 5.92 Å². The minimum absolute atomic E-state index is 0.157. The minimum atomic E-state index is -1.41. The van der Waals surface area contributed by atoms with Gasteiger partial charge in [0, 0.05) is 13.1 Å². The first-order chi connectivity index (χ1) is 6.18. The largest absolute Gasteiger partial charge is 0.476 e. The smallest absolute Gasteiger partial charge is 0.364 e. The van der Waals surface area contributed by atoms with Crippen molar-refractivity contribution >= 4 is 5.97 Å². The molecule has 1 N–H and O–H groups in total. The molecule has 72 valence electrons. The van der Waals surface area contributed by atoms with Crippen molar-refractivity contribution in [3.8, 4) is 0 Å². The van der Waals surface area contributed by atoms with E-state index in [9.17, 15) is 9.18 Å². The molecule has 2 atom stereocenters. The van der Waals surface area contributed by atoms with Crippen molar-refractivity contribution in [1.82, 2.24) is 4.90 Å². The van der Waals surface area contributed by atoms with Gasteiger partial charge in [-0.2, -0.15) is 4.39 Å². The van der Waals surface area contributed by atoms with E-state index in [1.165, 1.54) is 0 Å². The number of carboxylic acid groups (broad SMARTS) is 1. The maximum absolute atomic E-state index is 13.1. The van der Waals surface area contributed by atoms with Crippen LogP contribution in [-0.2, 0) is 4.79 Å². The molecular weight excluding hydrogens is 173 g/mol. The predicted molar refractivity (Wildman–Crippen MR) is 44.9 cm³/mol. The third-order valence-corrected chi connectivity index (χ3v) is 2.93. The Labute approximate surface area is 75.8 Å². The second-order valence-corrected chi connectivity index (χ2v) is 3.68. The Morgan fingerprint density at radius 1 is 1.54 bits per heavy atom. The number of nitrogens with zero attached hydrogens (tertiary/aromatic N) is 1. The predicted octanol–water partition coefficient (Wildman–Crippen LogP) is 1.02. The van der Waals surface area contributed by atoms with E-state index in [4.69, 9.17) is 5.11 Å². The number of rotatable bonds is 1. The molecule has 0 radical (unpaired) electrons. The summed E-state index contributed by atoms with van der Waals surface area (Å²) >= 11 is 0. The summed E-state index contributed by atoms with van der Waals surface area (Å²) in [7, 11) is 0. The zero-order valence-electron chi connectivity index (χ0n) is 7.29. The number of aliphatic carboxylic acids is 1. The molecule has 0 saturated carbocycles. The molecule has 0 spiro atoms. The number of halogens is 1. The lowest BCUT2D eigenvalue weighted by Gasteiger charge is -2.24. The van der Waals surface area contributed by atoms with Gasteiger partial charge in [-0.1, -0.05) is 0 Å². The van der Waals surface area contributed by atoms with Gasteiger partial charge in [-0.15, -0.1) is 0 Å². The van der Waals surface area contributed by atoms with Crippen LogP contribution in [-0.4, -0.2) is 35.6 Å². The average molecular weight is 185 g/mol. The molecule has 13 heavy (non-hydrogen) atoms. The van der Waals surface area contributed by atoms with Crippen LogP contribution in [0.2, 0.25) is 0 Å². The zero-order chi connectivity index (χ0) is 9.42. The highest BCUT2D eigenvalue weighted by Crippen LogP contribution is 2.33. The lowest BCUT2D eigenvalue weighted by molar-refractivity contribution is -0.134. The van der Waals surface area contributed by atoms with Crippen LogP contribution in [0.5, 0.6) is 0 Å². The summed E-state index contributed by atoms with van der Waals surface area (Å²) in [4.78, 5) is 12.7. The lowest BCUT2D eigenvalue weighted by Crippen LogP contribution is -2.28. The molecule has 2 aliphatic rings. The first kappa shape index (κ1) is 8.69.